The Morgan fingerprint density at radius 2 is 0.750 bits per heavy atom. The van der Waals surface area contributed by atoms with Gasteiger partial charge in [0.15, 0.2) is 0 Å². The van der Waals surface area contributed by atoms with Crippen molar-refractivity contribution in [3.05, 3.63) is 0 Å². The van der Waals surface area contributed by atoms with Crippen LogP contribution in [0.4, 0.5) is 0 Å². The highest BCUT2D eigenvalue weighted by Gasteiger charge is 2.34. The molecule has 0 radical (unpaired) electrons. The molecule has 0 amide bonds. The summed E-state index contributed by atoms with van der Waals surface area (Å²) in [6.07, 6.45) is 17.9. The molecule has 20 heavy (non-hydrogen) atoms. The van der Waals surface area contributed by atoms with E-state index in [1.54, 1.807) is 24.6 Å². The minimum Gasteiger partial charge on any atom is -1.00 e. The van der Waals surface area contributed by atoms with Crippen molar-refractivity contribution in [2.24, 2.45) is 0 Å². The number of hydrogen-bond donors (Lipinski definition) is 1. The molecule has 0 saturated heterocycles. The second kappa shape index (κ2) is 20.3. The lowest BCUT2D eigenvalue weighted by molar-refractivity contribution is -0.00000460. The maximum Gasteiger partial charge on any atom is 0.0594 e. The summed E-state index contributed by atoms with van der Waals surface area (Å²) in [5.41, 5.74) is 0. The van der Waals surface area contributed by atoms with Gasteiger partial charge < -0.3 is 23.1 Å². The van der Waals surface area contributed by atoms with Crippen LogP contribution >= 0.6 is 24.2 Å². The van der Waals surface area contributed by atoms with E-state index in [1.165, 1.54) is 51.4 Å². The highest BCUT2D eigenvalue weighted by Crippen LogP contribution is 2.61. The van der Waals surface area contributed by atoms with Gasteiger partial charge in [0.05, 0.1) is 24.6 Å². The molecule has 3 N–H and O–H groups in total. The van der Waals surface area contributed by atoms with Crippen molar-refractivity contribution >= 4 is 24.2 Å². The maximum atomic E-state index is 2.36. The summed E-state index contributed by atoms with van der Waals surface area (Å²) in [7, 11) is -0.562. The maximum absolute atomic E-state index is 2.36. The molecule has 0 aliphatic carbocycles. The SMILES string of the molecule is Br.CCCC[P+](CCCC)(CCCC)CCCC.N.[Br-]. The first-order valence-electron chi connectivity index (χ1n) is 8.09. The molecule has 1 nitrogen and oxygen atoms in total. The van der Waals surface area contributed by atoms with Crippen LogP contribution in [0.25, 0.3) is 0 Å². The summed E-state index contributed by atoms with van der Waals surface area (Å²) in [4.78, 5) is 0. The van der Waals surface area contributed by atoms with E-state index >= 15 is 0 Å². The first-order chi connectivity index (χ1) is 8.24. The summed E-state index contributed by atoms with van der Waals surface area (Å²) < 4.78 is 0. The van der Waals surface area contributed by atoms with Crippen molar-refractivity contribution in [3.63, 3.8) is 0 Å². The van der Waals surface area contributed by atoms with Gasteiger partial charge in [-0.05, 0) is 25.7 Å². The predicted molar refractivity (Wildman–Crippen MR) is 101 cm³/mol. The fourth-order valence-electron chi connectivity index (χ4n) is 2.64. The van der Waals surface area contributed by atoms with Crippen LogP contribution in [0.2, 0.25) is 0 Å². The third-order valence-electron chi connectivity index (χ3n) is 3.94. The molecule has 128 valence electrons. The van der Waals surface area contributed by atoms with Gasteiger partial charge in [-0.1, -0.05) is 53.4 Å². The standard InChI is InChI=1S/C16H36P.2BrH.H3N/c1-5-9-13-17(14-10-6-2,15-11-7-3)16-12-8-4;;;/h5-16H2,1-4H3;2*1H;1H3/q+1;;;/p-1. The van der Waals surface area contributed by atoms with E-state index in [0.29, 0.717) is 0 Å². The van der Waals surface area contributed by atoms with Crippen molar-refractivity contribution in [2.75, 3.05) is 24.6 Å². The van der Waals surface area contributed by atoms with E-state index in [9.17, 15) is 0 Å². The summed E-state index contributed by atoms with van der Waals surface area (Å²) in [5, 5.41) is 0. The Balaban J connectivity index is -0.000000427. The Morgan fingerprint density at radius 1 is 0.550 bits per heavy atom. The van der Waals surface area contributed by atoms with Gasteiger partial charge in [-0.15, -0.1) is 17.0 Å². The zero-order valence-corrected chi connectivity index (χ0v) is 18.6. The van der Waals surface area contributed by atoms with E-state index in [-0.39, 0.29) is 40.1 Å². The topological polar surface area (TPSA) is 35.0 Å². The minimum atomic E-state index is -0.562. The average molecular weight is 437 g/mol. The zero-order chi connectivity index (χ0) is 13.0. The average Bonchev–Trinajstić information content (AvgIpc) is 2.37. The van der Waals surface area contributed by atoms with Gasteiger partial charge in [-0.25, -0.2) is 0 Å². The molecule has 0 rings (SSSR count). The van der Waals surface area contributed by atoms with Gasteiger partial charge in [0, 0.05) is 7.26 Å². The number of halogens is 2. The lowest BCUT2D eigenvalue weighted by Crippen LogP contribution is -3.00. The lowest BCUT2D eigenvalue weighted by Gasteiger charge is -2.28. The second-order valence-corrected chi connectivity index (χ2v) is 10.1. The first kappa shape index (κ1) is 29.4. The fourth-order valence-corrected chi connectivity index (χ4v) is 7.93. The van der Waals surface area contributed by atoms with Gasteiger partial charge in [0.2, 0.25) is 0 Å². The van der Waals surface area contributed by atoms with Crippen LogP contribution in [0.5, 0.6) is 0 Å². The van der Waals surface area contributed by atoms with Crippen LogP contribution in [0, 0.1) is 0 Å². The Hall–Kier alpha value is 1.35. The van der Waals surface area contributed by atoms with E-state index in [0.717, 1.165) is 0 Å². The van der Waals surface area contributed by atoms with E-state index < -0.39 is 7.26 Å². The molecule has 0 fully saturated rings. The molecule has 0 aliphatic rings. The van der Waals surface area contributed by atoms with Gasteiger partial charge in [-0.3, -0.25) is 0 Å². The fraction of sp³-hybridized carbons (Fsp3) is 1.00. The van der Waals surface area contributed by atoms with Crippen molar-refractivity contribution in [2.45, 2.75) is 79.1 Å². The quantitative estimate of drug-likeness (QED) is 0.462. The highest BCUT2D eigenvalue weighted by molar-refractivity contribution is 8.93. The molecular weight excluding hydrogens is 397 g/mol. The van der Waals surface area contributed by atoms with Crippen LogP contribution < -0.4 is 23.1 Å². The Kier molecular flexibility index (Phi) is 29.9. The normalized spacial score (nSPS) is 10.2. The summed E-state index contributed by atoms with van der Waals surface area (Å²) >= 11 is 0. The van der Waals surface area contributed by atoms with Gasteiger partial charge in [0.25, 0.3) is 0 Å². The smallest absolute Gasteiger partial charge is 0.0594 e. The number of unbranched alkanes of at least 4 members (excludes halogenated alkanes) is 4. The molecule has 0 aromatic heterocycles. The minimum absolute atomic E-state index is 0. The third-order valence-corrected chi connectivity index (χ3v) is 9.00. The molecule has 0 spiro atoms. The zero-order valence-electron chi connectivity index (χ0n) is 14.4. The number of rotatable bonds is 12. The van der Waals surface area contributed by atoms with Gasteiger partial charge in [-0.2, -0.15) is 0 Å². The molecule has 0 heterocycles. The lowest BCUT2D eigenvalue weighted by atomic mass is 10.4. The molecule has 0 bridgehead atoms. The molecule has 0 unspecified atom stereocenters. The van der Waals surface area contributed by atoms with Crippen LogP contribution in [0.3, 0.4) is 0 Å². The van der Waals surface area contributed by atoms with Crippen molar-refractivity contribution in [1.29, 1.82) is 0 Å². The van der Waals surface area contributed by atoms with Gasteiger partial charge in [0.1, 0.15) is 0 Å². The van der Waals surface area contributed by atoms with E-state index in [2.05, 4.69) is 27.7 Å². The largest absolute Gasteiger partial charge is 1.00 e. The van der Waals surface area contributed by atoms with E-state index in [1.807, 2.05) is 0 Å². The van der Waals surface area contributed by atoms with Crippen LogP contribution in [0.1, 0.15) is 79.1 Å². The monoisotopic (exact) mass is 435 g/mol. The molecule has 0 saturated carbocycles. The second-order valence-electron chi connectivity index (χ2n) is 5.65. The number of hydrogen-bond acceptors (Lipinski definition) is 1. The Labute approximate surface area is 150 Å². The van der Waals surface area contributed by atoms with Crippen molar-refractivity contribution in [1.82, 2.24) is 6.15 Å². The first-order valence-corrected chi connectivity index (χ1v) is 10.6. The third kappa shape index (κ3) is 14.3. The van der Waals surface area contributed by atoms with Crippen LogP contribution in [-0.4, -0.2) is 24.6 Å². The van der Waals surface area contributed by atoms with E-state index in [4.69, 9.17) is 0 Å². The molecule has 0 aromatic rings. The van der Waals surface area contributed by atoms with Crippen LogP contribution in [-0.2, 0) is 0 Å². The Bertz CT molecular complexity index is 131. The summed E-state index contributed by atoms with van der Waals surface area (Å²) in [5.74, 6) is 0. The molecule has 0 aromatic carbocycles. The predicted octanol–water partition coefficient (Wildman–Crippen LogP) is 3.95. The van der Waals surface area contributed by atoms with Gasteiger partial charge >= 0.3 is 0 Å². The van der Waals surface area contributed by atoms with Crippen LogP contribution in [0.15, 0.2) is 0 Å². The molecule has 0 atom stereocenters. The molecular formula is C16H40Br2NP. The molecule has 4 heteroatoms. The molecule has 0 aliphatic heterocycles. The summed E-state index contributed by atoms with van der Waals surface area (Å²) in [6.45, 7) is 9.42. The van der Waals surface area contributed by atoms with Crippen molar-refractivity contribution < 1.29 is 17.0 Å². The van der Waals surface area contributed by atoms with Crippen molar-refractivity contribution in [3.8, 4) is 0 Å². The highest BCUT2D eigenvalue weighted by atomic mass is 79.9. The summed E-state index contributed by atoms with van der Waals surface area (Å²) in [6, 6.07) is 0. The Morgan fingerprint density at radius 3 is 0.900 bits per heavy atom.